The molecule has 14 heavy (non-hydrogen) atoms. The fourth-order valence-electron chi connectivity index (χ4n) is 1.08. The maximum atomic E-state index is 4.50. The first-order valence-corrected chi connectivity index (χ1v) is 7.09. The van der Waals surface area contributed by atoms with E-state index in [2.05, 4.69) is 35.8 Å². The van der Waals surface area contributed by atoms with Crippen molar-refractivity contribution >= 4 is 23.1 Å². The summed E-state index contributed by atoms with van der Waals surface area (Å²) in [5.41, 5.74) is 1.18. The van der Waals surface area contributed by atoms with Crippen LogP contribution in [0.2, 0.25) is 0 Å². The molecule has 0 aliphatic heterocycles. The van der Waals surface area contributed by atoms with Crippen LogP contribution < -0.4 is 5.32 Å². The summed E-state index contributed by atoms with van der Waals surface area (Å²) >= 11 is 3.65. The zero-order valence-corrected chi connectivity index (χ0v) is 10.7. The van der Waals surface area contributed by atoms with Crippen LogP contribution in [0.15, 0.2) is 5.38 Å². The number of aromatic nitrogens is 1. The van der Waals surface area contributed by atoms with E-state index in [4.69, 9.17) is 0 Å². The number of thiazole rings is 1. The number of hydrogen-bond acceptors (Lipinski definition) is 4. The molecule has 0 aliphatic carbocycles. The lowest BCUT2D eigenvalue weighted by molar-refractivity contribution is 0.674. The third-order valence-electron chi connectivity index (χ3n) is 2.04. The molecule has 1 aromatic heterocycles. The van der Waals surface area contributed by atoms with E-state index in [9.17, 15) is 0 Å². The van der Waals surface area contributed by atoms with E-state index in [1.165, 1.54) is 10.7 Å². The minimum atomic E-state index is 0.680. The van der Waals surface area contributed by atoms with Crippen molar-refractivity contribution in [3.63, 3.8) is 0 Å². The second-order valence-electron chi connectivity index (χ2n) is 3.26. The fraction of sp³-hybridized carbons (Fsp3) is 0.700. The summed E-state index contributed by atoms with van der Waals surface area (Å²) in [5, 5.41) is 7.48. The summed E-state index contributed by atoms with van der Waals surface area (Å²) in [6.07, 6.45) is 3.19. The largest absolute Gasteiger partial charge is 0.310 e. The number of nitrogens with zero attached hydrogens (tertiary/aromatic N) is 1. The molecule has 2 nitrogen and oxygen atoms in total. The lowest BCUT2D eigenvalue weighted by Gasteiger charge is -2.07. The summed E-state index contributed by atoms with van der Waals surface area (Å²) in [5.74, 6) is 0. The minimum absolute atomic E-state index is 0.680. The molecule has 4 heteroatoms. The summed E-state index contributed by atoms with van der Waals surface area (Å²) in [6, 6.07) is 0. The highest BCUT2D eigenvalue weighted by Gasteiger charge is 2.01. The fourth-order valence-corrected chi connectivity index (χ4v) is 2.11. The van der Waals surface area contributed by atoms with E-state index in [1.54, 1.807) is 11.3 Å². The average Bonchev–Trinajstić information content (AvgIpc) is 2.65. The van der Waals surface area contributed by atoms with E-state index in [0.717, 1.165) is 19.5 Å². The summed E-state index contributed by atoms with van der Waals surface area (Å²) in [4.78, 5) is 4.50. The molecule has 0 aromatic carbocycles. The molecule has 0 spiro atoms. The van der Waals surface area contributed by atoms with E-state index in [1.807, 2.05) is 11.8 Å². The predicted octanol–water partition coefficient (Wildman–Crippen LogP) is 2.55. The Bertz CT molecular complexity index is 260. The first-order chi connectivity index (χ1) is 6.76. The van der Waals surface area contributed by atoms with Gasteiger partial charge in [-0.05, 0) is 12.7 Å². The van der Waals surface area contributed by atoms with E-state index >= 15 is 0 Å². The van der Waals surface area contributed by atoms with Crippen LogP contribution in [0.5, 0.6) is 0 Å². The minimum Gasteiger partial charge on any atom is -0.310 e. The molecule has 0 saturated carbocycles. The standard InChI is InChI=1S/C10H18N2S2/c1-4-10-12-9(7-14-10)6-11-5-8(2)13-3/h7-8,11H,4-6H2,1-3H3. The predicted molar refractivity (Wildman–Crippen MR) is 66.2 cm³/mol. The number of nitrogens with one attached hydrogen (secondary N) is 1. The van der Waals surface area contributed by atoms with Gasteiger partial charge in [0.15, 0.2) is 0 Å². The van der Waals surface area contributed by atoms with Gasteiger partial charge >= 0.3 is 0 Å². The van der Waals surface area contributed by atoms with Crippen LogP contribution in [0, 0.1) is 0 Å². The highest BCUT2D eigenvalue weighted by Crippen LogP contribution is 2.10. The van der Waals surface area contributed by atoms with Crippen LogP contribution in [0.25, 0.3) is 0 Å². The Morgan fingerprint density at radius 1 is 1.64 bits per heavy atom. The monoisotopic (exact) mass is 230 g/mol. The van der Waals surface area contributed by atoms with Crippen molar-refractivity contribution in [3.8, 4) is 0 Å². The van der Waals surface area contributed by atoms with Gasteiger partial charge in [0.1, 0.15) is 0 Å². The molecule has 0 radical (unpaired) electrons. The van der Waals surface area contributed by atoms with Crippen molar-refractivity contribution < 1.29 is 0 Å². The third kappa shape index (κ3) is 3.98. The molecule has 0 amide bonds. The SMILES string of the molecule is CCc1nc(CNCC(C)SC)cs1. The van der Waals surface area contributed by atoms with Gasteiger partial charge in [0.2, 0.25) is 0 Å². The second kappa shape index (κ2) is 6.43. The maximum absolute atomic E-state index is 4.50. The molecule has 1 unspecified atom stereocenters. The number of rotatable bonds is 6. The van der Waals surface area contributed by atoms with Gasteiger partial charge in [-0.25, -0.2) is 4.98 Å². The molecule has 0 aliphatic rings. The van der Waals surface area contributed by atoms with Crippen LogP contribution in [-0.4, -0.2) is 23.0 Å². The Morgan fingerprint density at radius 2 is 2.43 bits per heavy atom. The Balaban J connectivity index is 2.24. The maximum Gasteiger partial charge on any atom is 0.0926 e. The van der Waals surface area contributed by atoms with Crippen molar-refractivity contribution in [2.24, 2.45) is 0 Å². The van der Waals surface area contributed by atoms with Crippen molar-refractivity contribution in [2.75, 3.05) is 12.8 Å². The molecular formula is C10H18N2S2. The first-order valence-electron chi connectivity index (χ1n) is 4.93. The van der Waals surface area contributed by atoms with Crippen LogP contribution >= 0.6 is 23.1 Å². The number of aryl methyl sites for hydroxylation is 1. The van der Waals surface area contributed by atoms with Gasteiger partial charge < -0.3 is 5.32 Å². The zero-order valence-electron chi connectivity index (χ0n) is 9.04. The molecular weight excluding hydrogens is 212 g/mol. The molecule has 1 rings (SSSR count). The van der Waals surface area contributed by atoms with Crippen molar-refractivity contribution in [1.29, 1.82) is 0 Å². The van der Waals surface area contributed by atoms with Crippen molar-refractivity contribution in [1.82, 2.24) is 10.3 Å². The topological polar surface area (TPSA) is 24.9 Å². The smallest absolute Gasteiger partial charge is 0.0926 e. The molecule has 1 aromatic rings. The van der Waals surface area contributed by atoms with E-state index < -0.39 is 0 Å². The number of thioether (sulfide) groups is 1. The molecule has 0 saturated heterocycles. The van der Waals surface area contributed by atoms with Gasteiger partial charge in [0.25, 0.3) is 0 Å². The Hall–Kier alpha value is -0.0600. The Labute approximate surface area is 94.5 Å². The third-order valence-corrected chi connectivity index (χ3v) is 4.06. The highest BCUT2D eigenvalue weighted by molar-refractivity contribution is 7.99. The molecule has 1 heterocycles. The molecule has 0 fully saturated rings. The Kier molecular flexibility index (Phi) is 5.52. The van der Waals surface area contributed by atoms with Gasteiger partial charge in [-0.3, -0.25) is 0 Å². The zero-order chi connectivity index (χ0) is 10.4. The average molecular weight is 230 g/mol. The highest BCUT2D eigenvalue weighted by atomic mass is 32.2. The van der Waals surface area contributed by atoms with Gasteiger partial charge in [-0.1, -0.05) is 13.8 Å². The summed E-state index contributed by atoms with van der Waals surface area (Å²) < 4.78 is 0. The second-order valence-corrected chi connectivity index (χ2v) is 5.48. The lowest BCUT2D eigenvalue weighted by Crippen LogP contribution is -2.22. The number of hydrogen-bond donors (Lipinski definition) is 1. The van der Waals surface area contributed by atoms with Crippen LogP contribution in [-0.2, 0) is 13.0 Å². The molecule has 0 bridgehead atoms. The van der Waals surface area contributed by atoms with E-state index in [0.29, 0.717) is 5.25 Å². The van der Waals surface area contributed by atoms with Crippen molar-refractivity contribution in [2.45, 2.75) is 32.1 Å². The van der Waals surface area contributed by atoms with Crippen LogP contribution in [0.4, 0.5) is 0 Å². The van der Waals surface area contributed by atoms with Gasteiger partial charge in [-0.15, -0.1) is 11.3 Å². The van der Waals surface area contributed by atoms with Gasteiger partial charge in [0, 0.05) is 23.7 Å². The summed E-state index contributed by atoms with van der Waals surface area (Å²) in [6.45, 7) is 6.34. The van der Waals surface area contributed by atoms with Crippen LogP contribution in [0.1, 0.15) is 24.5 Å². The van der Waals surface area contributed by atoms with Crippen LogP contribution in [0.3, 0.4) is 0 Å². The molecule has 80 valence electrons. The Morgan fingerprint density at radius 3 is 3.00 bits per heavy atom. The normalized spacial score (nSPS) is 13.1. The molecule has 1 atom stereocenters. The quantitative estimate of drug-likeness (QED) is 0.813. The first kappa shape index (κ1) is 12.0. The molecule has 1 N–H and O–H groups in total. The van der Waals surface area contributed by atoms with Crippen molar-refractivity contribution in [3.05, 3.63) is 16.1 Å². The van der Waals surface area contributed by atoms with E-state index in [-0.39, 0.29) is 0 Å². The summed E-state index contributed by atoms with van der Waals surface area (Å²) in [7, 11) is 0. The van der Waals surface area contributed by atoms with Gasteiger partial charge in [0.05, 0.1) is 10.7 Å². The lowest BCUT2D eigenvalue weighted by atomic mass is 10.4. The van der Waals surface area contributed by atoms with Gasteiger partial charge in [-0.2, -0.15) is 11.8 Å².